The first-order valence-electron chi connectivity index (χ1n) is 26.6. The number of nitrogens with one attached hydrogen (secondary N) is 1. The SMILES string of the molecule is CCCCC/C=C\C=C/CCCCCCCCCCCC(O)C(=O)NC(COC1OC(CO)C(O)C(OS(=O)(=O)O)C1O)C(O)/C=C/CC/C=C/CCCCCCCCCCCCCCCC. The van der Waals surface area contributed by atoms with Crippen LogP contribution in [0, 0.1) is 0 Å². The van der Waals surface area contributed by atoms with Crippen molar-refractivity contribution in [3.05, 3.63) is 48.6 Å². The number of carbonyl (C=O) groups is 1. The van der Waals surface area contributed by atoms with Gasteiger partial charge in [-0.05, 0) is 57.8 Å². The van der Waals surface area contributed by atoms with Crippen LogP contribution >= 0.6 is 0 Å². The summed E-state index contributed by atoms with van der Waals surface area (Å²) in [4.78, 5) is 13.2. The molecule has 8 unspecified atom stereocenters. The Balaban J connectivity index is 2.53. The van der Waals surface area contributed by atoms with Gasteiger partial charge in [-0.1, -0.05) is 210 Å². The van der Waals surface area contributed by atoms with Gasteiger partial charge in [0.25, 0.3) is 0 Å². The summed E-state index contributed by atoms with van der Waals surface area (Å²) in [5.74, 6) is -0.716. The summed E-state index contributed by atoms with van der Waals surface area (Å²) in [6, 6.07) is -1.14. The molecule has 8 atom stereocenters. The summed E-state index contributed by atoms with van der Waals surface area (Å²) in [5.41, 5.74) is 0. The number of aliphatic hydroxyl groups is 5. The molecule has 67 heavy (non-hydrogen) atoms. The van der Waals surface area contributed by atoms with E-state index < -0.39 is 78.5 Å². The van der Waals surface area contributed by atoms with E-state index in [9.17, 15) is 43.3 Å². The summed E-state index contributed by atoms with van der Waals surface area (Å²) in [6.07, 6.45) is 41.8. The fourth-order valence-corrected chi connectivity index (χ4v) is 8.74. The number of unbranched alkanes of at least 4 members (excludes halogenated alkanes) is 27. The van der Waals surface area contributed by atoms with Gasteiger partial charge >= 0.3 is 10.4 Å². The van der Waals surface area contributed by atoms with Gasteiger partial charge in [-0.15, -0.1) is 0 Å². The van der Waals surface area contributed by atoms with Crippen molar-refractivity contribution in [3.8, 4) is 0 Å². The lowest BCUT2D eigenvalue weighted by atomic mass is 9.99. The molecule has 1 heterocycles. The van der Waals surface area contributed by atoms with Crippen LogP contribution < -0.4 is 5.32 Å². The summed E-state index contributed by atoms with van der Waals surface area (Å²) in [7, 11) is -5.13. The minimum absolute atomic E-state index is 0.230. The molecule has 1 fully saturated rings. The molecule has 1 aliphatic rings. The highest BCUT2D eigenvalue weighted by Gasteiger charge is 2.48. The van der Waals surface area contributed by atoms with Gasteiger partial charge in [0, 0.05) is 0 Å². The second-order valence-corrected chi connectivity index (χ2v) is 19.7. The molecule has 0 aromatic carbocycles. The lowest BCUT2D eigenvalue weighted by Gasteiger charge is -2.41. The molecule has 0 aromatic rings. The molecule has 0 radical (unpaired) electrons. The summed E-state index contributed by atoms with van der Waals surface area (Å²) in [6.45, 7) is 3.19. The number of hydrogen-bond donors (Lipinski definition) is 7. The number of allylic oxidation sites excluding steroid dienone is 7. The van der Waals surface area contributed by atoms with Crippen LogP contribution in [0.5, 0.6) is 0 Å². The van der Waals surface area contributed by atoms with Crippen molar-refractivity contribution < 1.29 is 57.0 Å². The van der Waals surface area contributed by atoms with Gasteiger partial charge in [0.05, 0.1) is 25.4 Å². The number of ether oxygens (including phenoxy) is 2. The van der Waals surface area contributed by atoms with Crippen LogP contribution in [0.4, 0.5) is 0 Å². The van der Waals surface area contributed by atoms with Crippen LogP contribution in [0.15, 0.2) is 48.6 Å². The predicted octanol–water partition coefficient (Wildman–Crippen LogP) is 10.6. The fourth-order valence-electron chi connectivity index (χ4n) is 8.23. The minimum Gasteiger partial charge on any atom is -0.394 e. The number of hydrogen-bond acceptors (Lipinski definition) is 11. The molecule has 392 valence electrons. The lowest BCUT2D eigenvalue weighted by molar-refractivity contribution is -0.298. The van der Waals surface area contributed by atoms with Gasteiger partial charge in [-0.3, -0.25) is 9.35 Å². The Hall–Kier alpha value is -1.98. The first-order chi connectivity index (χ1) is 32.4. The predicted molar refractivity (Wildman–Crippen MR) is 270 cm³/mol. The third-order valence-corrected chi connectivity index (χ3v) is 12.9. The van der Waals surface area contributed by atoms with Crippen molar-refractivity contribution >= 4 is 16.3 Å². The standard InChI is InChI=1S/C53H97NO12S/c1-3-5-7-9-11-13-15-17-19-21-23-24-26-27-29-31-33-35-37-39-41-46(56)45(44-64-53-50(59)51(66-67(61,62)63)49(58)48(43-55)65-53)54-52(60)47(57)42-40-38-36-34-32-30-28-25-22-20-18-16-14-12-10-8-6-4-2/h12,14,16,18,31,33,39,41,45-51,53,55-59H,3-11,13,15,17,19-30,32,34-38,40,42-44H2,1-2H3,(H,54,60)(H,61,62,63)/b14-12-,18-16-,33-31+,41-39+. The van der Waals surface area contributed by atoms with Gasteiger partial charge in [0.2, 0.25) is 5.91 Å². The zero-order chi connectivity index (χ0) is 49.2. The average Bonchev–Trinajstić information content (AvgIpc) is 3.30. The molecule has 1 rings (SSSR count). The van der Waals surface area contributed by atoms with E-state index in [4.69, 9.17) is 9.47 Å². The second kappa shape index (κ2) is 42.9. The van der Waals surface area contributed by atoms with Crippen LogP contribution in [0.3, 0.4) is 0 Å². The van der Waals surface area contributed by atoms with Crippen molar-refractivity contribution in [1.82, 2.24) is 5.32 Å². The Labute approximate surface area is 407 Å². The van der Waals surface area contributed by atoms with E-state index in [2.05, 4.69) is 59.8 Å². The molecule has 13 nitrogen and oxygen atoms in total. The van der Waals surface area contributed by atoms with Crippen LogP contribution in [-0.2, 0) is 28.9 Å². The third-order valence-electron chi connectivity index (χ3n) is 12.5. The molecule has 0 spiro atoms. The monoisotopic (exact) mass is 972 g/mol. The maximum absolute atomic E-state index is 13.2. The number of amides is 1. The first-order valence-corrected chi connectivity index (χ1v) is 28.0. The fraction of sp³-hybridized carbons (Fsp3) is 0.830. The van der Waals surface area contributed by atoms with E-state index in [1.54, 1.807) is 6.08 Å². The molecule has 14 heteroatoms. The Bertz CT molecular complexity index is 1390. The van der Waals surface area contributed by atoms with Crippen LogP contribution in [0.1, 0.15) is 219 Å². The quantitative estimate of drug-likeness (QED) is 0.0131. The van der Waals surface area contributed by atoms with E-state index in [0.29, 0.717) is 12.8 Å². The van der Waals surface area contributed by atoms with E-state index >= 15 is 0 Å². The smallest absolute Gasteiger partial charge is 0.394 e. The van der Waals surface area contributed by atoms with Crippen molar-refractivity contribution in [2.24, 2.45) is 0 Å². The Morgan fingerprint density at radius 2 is 1.04 bits per heavy atom. The first kappa shape index (κ1) is 63.0. The lowest BCUT2D eigenvalue weighted by Crippen LogP contribution is -2.61. The molecule has 1 saturated heterocycles. The molecule has 0 aliphatic carbocycles. The maximum atomic E-state index is 13.2. The Morgan fingerprint density at radius 3 is 1.55 bits per heavy atom. The van der Waals surface area contributed by atoms with E-state index in [0.717, 1.165) is 57.8 Å². The van der Waals surface area contributed by atoms with Gasteiger partial charge in [-0.25, -0.2) is 4.18 Å². The van der Waals surface area contributed by atoms with Crippen molar-refractivity contribution in [3.63, 3.8) is 0 Å². The highest BCUT2D eigenvalue weighted by atomic mass is 32.3. The van der Waals surface area contributed by atoms with Crippen LogP contribution in [0.25, 0.3) is 0 Å². The Morgan fingerprint density at radius 1 is 0.612 bits per heavy atom. The Kier molecular flexibility index (Phi) is 40.3. The zero-order valence-electron chi connectivity index (χ0n) is 41.8. The largest absolute Gasteiger partial charge is 0.397 e. The topological polar surface area (TPSA) is 212 Å². The molecule has 1 aliphatic heterocycles. The summed E-state index contributed by atoms with van der Waals surface area (Å²) >= 11 is 0. The highest BCUT2D eigenvalue weighted by Crippen LogP contribution is 2.26. The zero-order valence-corrected chi connectivity index (χ0v) is 42.6. The molecular formula is C53H97NO12S. The number of aliphatic hydroxyl groups excluding tert-OH is 5. The molecule has 1 amide bonds. The van der Waals surface area contributed by atoms with Crippen LogP contribution in [-0.4, -0.2) is 107 Å². The number of rotatable bonds is 45. The van der Waals surface area contributed by atoms with Crippen LogP contribution in [0.2, 0.25) is 0 Å². The van der Waals surface area contributed by atoms with Gasteiger partial charge in [0.1, 0.15) is 30.5 Å². The molecule has 0 saturated carbocycles. The third kappa shape index (κ3) is 34.9. The van der Waals surface area contributed by atoms with Gasteiger partial charge < -0.3 is 40.3 Å². The van der Waals surface area contributed by atoms with E-state index in [-0.39, 0.29) is 6.42 Å². The normalized spacial score (nSPS) is 20.7. The molecule has 0 aromatic heterocycles. The maximum Gasteiger partial charge on any atom is 0.397 e. The summed E-state index contributed by atoms with van der Waals surface area (Å²) in [5, 5.41) is 55.4. The minimum atomic E-state index is -5.13. The van der Waals surface area contributed by atoms with Gasteiger partial charge in [-0.2, -0.15) is 8.42 Å². The van der Waals surface area contributed by atoms with E-state index in [1.165, 1.54) is 134 Å². The van der Waals surface area contributed by atoms with Gasteiger partial charge in [0.15, 0.2) is 6.29 Å². The van der Waals surface area contributed by atoms with Crippen molar-refractivity contribution in [1.29, 1.82) is 0 Å². The highest BCUT2D eigenvalue weighted by molar-refractivity contribution is 7.80. The van der Waals surface area contributed by atoms with E-state index in [1.807, 2.05) is 0 Å². The number of carbonyl (C=O) groups excluding carboxylic acids is 1. The second-order valence-electron chi connectivity index (χ2n) is 18.6. The molecule has 7 N–H and O–H groups in total. The average molecular weight is 972 g/mol. The molecular weight excluding hydrogens is 875 g/mol. The summed E-state index contributed by atoms with van der Waals surface area (Å²) < 4.78 is 47.6. The molecule has 0 bridgehead atoms. The van der Waals surface area contributed by atoms with Crippen molar-refractivity contribution in [2.45, 2.75) is 268 Å². The van der Waals surface area contributed by atoms with Crippen molar-refractivity contribution in [2.75, 3.05) is 13.2 Å².